The number of nitrogens with one attached hydrogen (secondary N) is 1. The van der Waals surface area contributed by atoms with Crippen molar-refractivity contribution in [3.05, 3.63) is 35.9 Å². The van der Waals surface area contributed by atoms with E-state index in [2.05, 4.69) is 10.1 Å². The first-order valence-corrected chi connectivity index (χ1v) is 7.48. The maximum atomic E-state index is 12.1. The zero-order chi connectivity index (χ0) is 18.4. The molecule has 0 aliphatic carbocycles. The van der Waals surface area contributed by atoms with E-state index in [-0.39, 0.29) is 13.0 Å². The Bertz CT molecular complexity index is 649. The molecule has 0 saturated carbocycles. The van der Waals surface area contributed by atoms with Gasteiger partial charge in [0.15, 0.2) is 0 Å². The Hall–Kier alpha value is -2.94. The molecule has 9 heteroatoms. The van der Waals surface area contributed by atoms with Crippen LogP contribution in [0.4, 0.5) is 4.79 Å². The van der Waals surface area contributed by atoms with E-state index in [9.17, 15) is 24.3 Å². The summed E-state index contributed by atoms with van der Waals surface area (Å²) >= 11 is 0. The molecule has 3 atom stereocenters. The van der Waals surface area contributed by atoms with Gasteiger partial charge in [-0.15, -0.1) is 0 Å². The molecule has 0 spiro atoms. The molecule has 1 fully saturated rings. The number of carbonyl (C=O) groups excluding carboxylic acids is 4. The number of β-lactam (4-membered cyclic amide) rings is 1. The number of methoxy groups -OCH3 is 1. The van der Waals surface area contributed by atoms with Gasteiger partial charge in [0.05, 0.1) is 13.2 Å². The van der Waals surface area contributed by atoms with Gasteiger partial charge < -0.3 is 24.7 Å². The Kier molecular flexibility index (Phi) is 6.07. The van der Waals surface area contributed by atoms with Crippen molar-refractivity contribution in [3.8, 4) is 0 Å². The lowest BCUT2D eigenvalue weighted by Crippen LogP contribution is -2.74. The van der Waals surface area contributed by atoms with Gasteiger partial charge >= 0.3 is 12.1 Å². The number of nitrogens with zero attached hydrogens (tertiary/aromatic N) is 1. The van der Waals surface area contributed by atoms with Crippen molar-refractivity contribution < 1.29 is 33.8 Å². The minimum absolute atomic E-state index is 0.0143. The van der Waals surface area contributed by atoms with Crippen LogP contribution in [0.15, 0.2) is 30.3 Å². The summed E-state index contributed by atoms with van der Waals surface area (Å²) in [5.74, 6) is -1.74. The van der Waals surface area contributed by atoms with Crippen LogP contribution in [0.25, 0.3) is 0 Å². The molecule has 0 bridgehead atoms. The van der Waals surface area contributed by atoms with Gasteiger partial charge in [-0.25, -0.2) is 9.59 Å². The first-order valence-electron chi connectivity index (χ1n) is 7.48. The second-order valence-corrected chi connectivity index (χ2v) is 5.30. The van der Waals surface area contributed by atoms with E-state index in [1.807, 2.05) is 6.07 Å². The number of likely N-dealkylation sites (tertiary alicyclic amines) is 1. The highest BCUT2D eigenvalue weighted by Crippen LogP contribution is 2.25. The lowest BCUT2D eigenvalue weighted by Gasteiger charge is -2.47. The largest absolute Gasteiger partial charge is 0.466 e. The van der Waals surface area contributed by atoms with Crippen molar-refractivity contribution in [1.82, 2.24) is 10.2 Å². The predicted molar refractivity (Wildman–Crippen MR) is 82.9 cm³/mol. The minimum Gasteiger partial charge on any atom is -0.466 e. The number of rotatable bonds is 7. The zero-order valence-corrected chi connectivity index (χ0v) is 13.5. The lowest BCUT2D eigenvalue weighted by atomic mass is 9.92. The van der Waals surface area contributed by atoms with Crippen LogP contribution in [0.5, 0.6) is 0 Å². The molecule has 134 valence electrons. The maximum Gasteiger partial charge on any atom is 0.408 e. The van der Waals surface area contributed by atoms with Crippen molar-refractivity contribution in [1.29, 1.82) is 0 Å². The average molecular weight is 350 g/mol. The van der Waals surface area contributed by atoms with Crippen molar-refractivity contribution in [2.24, 2.45) is 0 Å². The Morgan fingerprint density at radius 3 is 2.64 bits per heavy atom. The zero-order valence-electron chi connectivity index (χ0n) is 13.5. The summed E-state index contributed by atoms with van der Waals surface area (Å²) in [6.45, 7) is 0.0143. The fourth-order valence-corrected chi connectivity index (χ4v) is 2.49. The number of esters is 1. The van der Waals surface area contributed by atoms with Crippen LogP contribution < -0.4 is 5.32 Å². The van der Waals surface area contributed by atoms with Crippen molar-refractivity contribution >= 4 is 24.3 Å². The quantitative estimate of drug-likeness (QED) is 0.389. The lowest BCUT2D eigenvalue weighted by molar-refractivity contribution is -0.185. The van der Waals surface area contributed by atoms with E-state index >= 15 is 0 Å². The van der Waals surface area contributed by atoms with E-state index in [4.69, 9.17) is 4.74 Å². The fraction of sp³-hybridized carbons (Fsp3) is 0.375. The molecule has 2 amide bonds. The third-order valence-electron chi connectivity index (χ3n) is 3.76. The fourth-order valence-electron chi connectivity index (χ4n) is 2.49. The Morgan fingerprint density at radius 2 is 2.04 bits per heavy atom. The molecule has 25 heavy (non-hydrogen) atoms. The number of hydrogen-bond donors (Lipinski definition) is 2. The predicted octanol–water partition coefficient (Wildman–Crippen LogP) is -0.427. The minimum atomic E-state index is -1.83. The number of ether oxygens (including phenoxy) is 2. The van der Waals surface area contributed by atoms with Crippen LogP contribution in [0, 0.1) is 0 Å². The van der Waals surface area contributed by atoms with E-state index in [1.54, 1.807) is 24.3 Å². The molecule has 1 saturated heterocycles. The number of aldehydes is 1. The number of amides is 2. The number of aliphatic hydroxyl groups excluding tert-OH is 1. The first kappa shape index (κ1) is 18.4. The van der Waals surface area contributed by atoms with Gasteiger partial charge in [-0.1, -0.05) is 30.3 Å². The second-order valence-electron chi connectivity index (χ2n) is 5.30. The van der Waals surface area contributed by atoms with Crippen LogP contribution in [0.3, 0.4) is 0 Å². The van der Waals surface area contributed by atoms with Gasteiger partial charge in [0.25, 0.3) is 0 Å². The SMILES string of the molecule is COC(=O)C(O)N1C(=O)[C@H](NC(=O)OCc2ccccc2)[C@H]1CC=O. The summed E-state index contributed by atoms with van der Waals surface area (Å²) < 4.78 is 9.37. The van der Waals surface area contributed by atoms with E-state index < -0.39 is 36.3 Å². The van der Waals surface area contributed by atoms with Crippen molar-refractivity contribution in [2.45, 2.75) is 31.3 Å². The molecular weight excluding hydrogens is 332 g/mol. The van der Waals surface area contributed by atoms with Gasteiger partial charge in [0.2, 0.25) is 12.1 Å². The Labute approximate surface area is 143 Å². The van der Waals surface area contributed by atoms with Crippen LogP contribution in [-0.2, 0) is 30.5 Å². The number of alkyl carbamates (subject to hydrolysis) is 1. The summed E-state index contributed by atoms with van der Waals surface area (Å²) in [7, 11) is 1.06. The maximum absolute atomic E-state index is 12.1. The van der Waals surface area contributed by atoms with Crippen molar-refractivity contribution in [2.75, 3.05) is 7.11 Å². The first-order chi connectivity index (χ1) is 12.0. The molecule has 9 nitrogen and oxygen atoms in total. The van der Waals surface area contributed by atoms with Gasteiger partial charge in [-0.05, 0) is 5.56 Å². The van der Waals surface area contributed by atoms with Gasteiger partial charge in [-0.3, -0.25) is 9.69 Å². The van der Waals surface area contributed by atoms with Crippen LogP contribution in [0.2, 0.25) is 0 Å². The third kappa shape index (κ3) is 4.13. The second kappa shape index (κ2) is 8.25. The van der Waals surface area contributed by atoms with Gasteiger partial charge in [0.1, 0.15) is 18.9 Å². The molecule has 1 aliphatic heterocycles. The molecule has 1 aromatic carbocycles. The molecule has 1 heterocycles. The number of aliphatic hydroxyl groups is 1. The van der Waals surface area contributed by atoms with Crippen LogP contribution in [-0.4, -0.2) is 59.7 Å². The van der Waals surface area contributed by atoms with Gasteiger partial charge in [0, 0.05) is 6.42 Å². The highest BCUT2D eigenvalue weighted by atomic mass is 16.6. The Balaban J connectivity index is 1.94. The summed E-state index contributed by atoms with van der Waals surface area (Å²) in [6, 6.07) is 7.02. The number of benzene rings is 1. The topological polar surface area (TPSA) is 122 Å². The molecule has 2 rings (SSSR count). The Morgan fingerprint density at radius 1 is 1.36 bits per heavy atom. The average Bonchev–Trinajstić information content (AvgIpc) is 2.64. The monoisotopic (exact) mass is 350 g/mol. The van der Waals surface area contributed by atoms with Crippen LogP contribution in [0.1, 0.15) is 12.0 Å². The van der Waals surface area contributed by atoms with Gasteiger partial charge in [-0.2, -0.15) is 0 Å². The van der Waals surface area contributed by atoms with E-state index in [0.29, 0.717) is 6.29 Å². The highest BCUT2D eigenvalue weighted by Gasteiger charge is 2.52. The summed E-state index contributed by atoms with van der Waals surface area (Å²) in [5.41, 5.74) is 0.768. The summed E-state index contributed by atoms with van der Waals surface area (Å²) in [4.78, 5) is 46.9. The molecule has 2 N–H and O–H groups in total. The molecular formula is C16H18N2O7. The smallest absolute Gasteiger partial charge is 0.408 e. The number of carbonyl (C=O) groups is 4. The normalized spacial score (nSPS) is 20.2. The van der Waals surface area contributed by atoms with Crippen LogP contribution >= 0.6 is 0 Å². The standard InChI is InChI=1S/C16H18N2O7/c1-24-15(22)14(21)18-11(7-8-19)12(13(18)20)17-16(23)25-9-10-5-3-2-4-6-10/h2-6,8,11-12,14,21H,7,9H2,1H3,(H,17,23)/t11-,12-,14?/m1/s1. The molecule has 0 radical (unpaired) electrons. The van der Waals surface area contributed by atoms with E-state index in [1.165, 1.54) is 0 Å². The molecule has 0 aromatic heterocycles. The third-order valence-corrected chi connectivity index (χ3v) is 3.76. The summed E-state index contributed by atoms with van der Waals surface area (Å²) in [6.07, 6.45) is -2.31. The summed E-state index contributed by atoms with van der Waals surface area (Å²) in [5, 5.41) is 12.1. The van der Waals surface area contributed by atoms with Crippen molar-refractivity contribution in [3.63, 3.8) is 0 Å². The number of hydrogen-bond acceptors (Lipinski definition) is 7. The molecule has 1 unspecified atom stereocenters. The molecule has 1 aromatic rings. The highest BCUT2D eigenvalue weighted by molar-refractivity contribution is 5.95. The van der Waals surface area contributed by atoms with E-state index in [0.717, 1.165) is 17.6 Å². The molecule has 1 aliphatic rings.